The molecule has 24 heavy (non-hydrogen) atoms. The van der Waals surface area contributed by atoms with Crippen LogP contribution in [0.4, 0.5) is 5.69 Å². The first-order chi connectivity index (χ1) is 11.7. The van der Waals surface area contributed by atoms with Crippen LogP contribution in [0.1, 0.15) is 5.56 Å². The van der Waals surface area contributed by atoms with E-state index in [4.69, 9.17) is 11.6 Å². The molecule has 5 nitrogen and oxygen atoms in total. The number of nitrogens with zero attached hydrogens (tertiary/aromatic N) is 3. The summed E-state index contributed by atoms with van der Waals surface area (Å²) in [5.41, 5.74) is 1.77. The number of aromatic nitrogens is 3. The van der Waals surface area contributed by atoms with Crippen LogP contribution in [0.25, 0.3) is 0 Å². The molecule has 7 heteroatoms. The Kier molecular flexibility index (Phi) is 5.51. The first kappa shape index (κ1) is 16.5. The maximum Gasteiger partial charge on any atom is 0.234 e. The number of hydrogen-bond acceptors (Lipinski definition) is 4. The minimum atomic E-state index is -0.0546. The van der Waals surface area contributed by atoms with Crippen molar-refractivity contribution in [1.29, 1.82) is 0 Å². The molecule has 0 fully saturated rings. The summed E-state index contributed by atoms with van der Waals surface area (Å²) in [6, 6.07) is 15.1. The van der Waals surface area contributed by atoms with Crippen molar-refractivity contribution in [1.82, 2.24) is 14.8 Å². The summed E-state index contributed by atoms with van der Waals surface area (Å²) in [5.74, 6) is 0.278. The zero-order chi connectivity index (χ0) is 16.8. The van der Waals surface area contributed by atoms with Gasteiger partial charge in [0.2, 0.25) is 5.91 Å². The topological polar surface area (TPSA) is 59.8 Å². The number of rotatable bonds is 6. The number of amides is 1. The van der Waals surface area contributed by atoms with E-state index in [-0.39, 0.29) is 5.91 Å². The van der Waals surface area contributed by atoms with Crippen molar-refractivity contribution in [3.8, 4) is 0 Å². The highest BCUT2D eigenvalue weighted by Crippen LogP contribution is 2.21. The van der Waals surface area contributed by atoms with Gasteiger partial charge < -0.3 is 5.32 Å². The molecule has 1 N–H and O–H groups in total. The quantitative estimate of drug-likeness (QED) is 0.682. The van der Waals surface area contributed by atoms with E-state index in [0.717, 1.165) is 16.1 Å². The van der Waals surface area contributed by atoms with E-state index >= 15 is 0 Å². The summed E-state index contributed by atoms with van der Waals surface area (Å²) in [6.07, 6.45) is 3.14. The van der Waals surface area contributed by atoms with Gasteiger partial charge in [-0.25, -0.2) is 9.67 Å². The first-order valence-electron chi connectivity index (χ1n) is 7.29. The molecular formula is C17H15ClN4OS. The zero-order valence-corrected chi connectivity index (χ0v) is 14.3. The molecule has 0 spiro atoms. The molecule has 1 aromatic heterocycles. The number of nitrogens with one attached hydrogen (secondary N) is 1. The molecule has 3 rings (SSSR count). The van der Waals surface area contributed by atoms with E-state index in [9.17, 15) is 4.79 Å². The highest BCUT2D eigenvalue weighted by molar-refractivity contribution is 8.00. The van der Waals surface area contributed by atoms with Crippen LogP contribution in [0.2, 0.25) is 5.02 Å². The third kappa shape index (κ3) is 4.59. The second-order valence-electron chi connectivity index (χ2n) is 5.04. The van der Waals surface area contributed by atoms with Crippen LogP contribution in [-0.4, -0.2) is 26.4 Å². The third-order valence-electron chi connectivity index (χ3n) is 3.27. The van der Waals surface area contributed by atoms with Crippen LogP contribution in [0.5, 0.6) is 0 Å². The number of thioether (sulfide) groups is 1. The van der Waals surface area contributed by atoms with E-state index in [2.05, 4.69) is 15.4 Å². The van der Waals surface area contributed by atoms with Gasteiger partial charge >= 0.3 is 0 Å². The molecule has 0 aliphatic carbocycles. The third-order valence-corrected chi connectivity index (χ3v) is 4.54. The molecule has 1 heterocycles. The van der Waals surface area contributed by atoms with Crippen molar-refractivity contribution >= 4 is 35.0 Å². The first-order valence-corrected chi connectivity index (χ1v) is 8.65. The minimum absolute atomic E-state index is 0.0546. The molecule has 2 aromatic carbocycles. The molecule has 1 amide bonds. The SMILES string of the molecule is O=C(CSc1ccc(Cl)cc1)Nc1ccccc1Cn1cncn1. The lowest BCUT2D eigenvalue weighted by atomic mass is 10.2. The molecule has 0 saturated heterocycles. The van der Waals surface area contributed by atoms with Crippen LogP contribution in [0.15, 0.2) is 66.1 Å². The minimum Gasteiger partial charge on any atom is -0.325 e. The Balaban J connectivity index is 1.60. The van der Waals surface area contributed by atoms with Gasteiger partial charge in [0.25, 0.3) is 0 Å². The van der Waals surface area contributed by atoms with E-state index in [1.807, 2.05) is 48.5 Å². The lowest BCUT2D eigenvalue weighted by Crippen LogP contribution is -2.16. The van der Waals surface area contributed by atoms with E-state index in [0.29, 0.717) is 17.3 Å². The predicted octanol–water partition coefficient (Wildman–Crippen LogP) is 3.71. The number of benzene rings is 2. The largest absolute Gasteiger partial charge is 0.325 e. The Bertz CT molecular complexity index is 806. The van der Waals surface area contributed by atoms with Crippen LogP contribution >= 0.6 is 23.4 Å². The van der Waals surface area contributed by atoms with Crippen molar-refractivity contribution < 1.29 is 4.79 Å². The van der Waals surface area contributed by atoms with Crippen LogP contribution in [0.3, 0.4) is 0 Å². The van der Waals surface area contributed by atoms with E-state index in [1.54, 1.807) is 11.0 Å². The van der Waals surface area contributed by atoms with Gasteiger partial charge in [0.15, 0.2) is 0 Å². The maximum absolute atomic E-state index is 12.2. The van der Waals surface area contributed by atoms with Gasteiger partial charge in [-0.2, -0.15) is 5.10 Å². The van der Waals surface area contributed by atoms with Gasteiger partial charge in [-0.1, -0.05) is 29.8 Å². The highest BCUT2D eigenvalue weighted by Gasteiger charge is 2.08. The average molecular weight is 359 g/mol. The summed E-state index contributed by atoms with van der Waals surface area (Å²) < 4.78 is 1.72. The molecular weight excluding hydrogens is 344 g/mol. The monoisotopic (exact) mass is 358 g/mol. The molecule has 0 radical (unpaired) electrons. The van der Waals surface area contributed by atoms with Crippen molar-refractivity contribution in [2.24, 2.45) is 0 Å². The molecule has 0 saturated carbocycles. The Morgan fingerprint density at radius 1 is 1.17 bits per heavy atom. The fourth-order valence-electron chi connectivity index (χ4n) is 2.14. The van der Waals surface area contributed by atoms with Crippen LogP contribution in [0, 0.1) is 0 Å². The predicted molar refractivity (Wildman–Crippen MR) is 96.4 cm³/mol. The summed E-state index contributed by atoms with van der Waals surface area (Å²) in [4.78, 5) is 17.1. The standard InChI is InChI=1S/C17H15ClN4OS/c18-14-5-7-15(8-6-14)24-10-17(23)21-16-4-2-1-3-13(16)9-22-12-19-11-20-22/h1-8,11-12H,9-10H2,(H,21,23). The zero-order valence-electron chi connectivity index (χ0n) is 12.7. The van der Waals surface area contributed by atoms with Crippen LogP contribution < -0.4 is 5.32 Å². The fraction of sp³-hybridized carbons (Fsp3) is 0.118. The molecule has 0 atom stereocenters. The number of halogens is 1. The normalized spacial score (nSPS) is 10.5. The number of anilines is 1. The number of carbonyl (C=O) groups is 1. The fourth-order valence-corrected chi connectivity index (χ4v) is 2.96. The van der Waals surface area contributed by atoms with Gasteiger partial charge in [-0.05, 0) is 35.9 Å². The van der Waals surface area contributed by atoms with E-state index in [1.165, 1.54) is 18.1 Å². The Morgan fingerprint density at radius 2 is 1.96 bits per heavy atom. The Morgan fingerprint density at radius 3 is 2.71 bits per heavy atom. The molecule has 0 bridgehead atoms. The van der Waals surface area contributed by atoms with E-state index < -0.39 is 0 Å². The van der Waals surface area contributed by atoms with Gasteiger partial charge in [-0.15, -0.1) is 11.8 Å². The van der Waals surface area contributed by atoms with Gasteiger partial charge in [0, 0.05) is 15.6 Å². The molecule has 0 aliphatic rings. The van der Waals surface area contributed by atoms with Gasteiger partial charge in [0.1, 0.15) is 12.7 Å². The number of carbonyl (C=O) groups excluding carboxylic acids is 1. The number of hydrogen-bond donors (Lipinski definition) is 1. The number of para-hydroxylation sites is 1. The van der Waals surface area contributed by atoms with Crippen LogP contribution in [-0.2, 0) is 11.3 Å². The molecule has 122 valence electrons. The maximum atomic E-state index is 12.2. The second kappa shape index (κ2) is 7.99. The summed E-state index contributed by atoms with van der Waals surface area (Å²) >= 11 is 7.33. The van der Waals surface area contributed by atoms with Crippen molar-refractivity contribution in [2.45, 2.75) is 11.4 Å². The lowest BCUT2D eigenvalue weighted by Gasteiger charge is -2.11. The van der Waals surface area contributed by atoms with Crippen molar-refractivity contribution in [3.63, 3.8) is 0 Å². The van der Waals surface area contributed by atoms with Gasteiger partial charge in [0.05, 0.1) is 12.3 Å². The highest BCUT2D eigenvalue weighted by atomic mass is 35.5. The Labute approximate surface area is 149 Å². The summed E-state index contributed by atoms with van der Waals surface area (Å²) in [7, 11) is 0. The molecule has 3 aromatic rings. The average Bonchev–Trinajstić information content (AvgIpc) is 3.09. The summed E-state index contributed by atoms with van der Waals surface area (Å²) in [6.45, 7) is 0.556. The Hall–Kier alpha value is -2.31. The van der Waals surface area contributed by atoms with Crippen molar-refractivity contribution in [2.75, 3.05) is 11.1 Å². The molecule has 0 unspecified atom stereocenters. The second-order valence-corrected chi connectivity index (χ2v) is 6.53. The van der Waals surface area contributed by atoms with Crippen molar-refractivity contribution in [3.05, 3.63) is 71.8 Å². The summed E-state index contributed by atoms with van der Waals surface area (Å²) in [5, 5.41) is 7.74. The smallest absolute Gasteiger partial charge is 0.234 e. The lowest BCUT2D eigenvalue weighted by molar-refractivity contribution is -0.113. The molecule has 0 aliphatic heterocycles. The van der Waals surface area contributed by atoms with Gasteiger partial charge in [-0.3, -0.25) is 4.79 Å².